The Balaban J connectivity index is 1.49. The molecule has 0 atom stereocenters. The molecule has 0 saturated heterocycles. The minimum atomic E-state index is -0.456. The molecule has 25 heavy (non-hydrogen) atoms. The van der Waals surface area contributed by atoms with Gasteiger partial charge in [-0.15, -0.1) is 0 Å². The third-order valence-electron chi connectivity index (χ3n) is 3.35. The molecule has 0 bridgehead atoms. The second kappa shape index (κ2) is 7.58. The molecule has 1 heterocycles. The number of non-ortho nitro benzene ring substituents is 1. The van der Waals surface area contributed by atoms with E-state index in [0.29, 0.717) is 23.0 Å². The number of hydrogen-bond acceptors (Lipinski definition) is 6. The minimum absolute atomic E-state index is 0.00691. The summed E-state index contributed by atoms with van der Waals surface area (Å²) in [6.07, 6.45) is 1.46. The molecule has 0 radical (unpaired) electrons. The van der Waals surface area contributed by atoms with Gasteiger partial charge >= 0.3 is 0 Å². The van der Waals surface area contributed by atoms with Gasteiger partial charge in [-0.1, -0.05) is 18.2 Å². The van der Waals surface area contributed by atoms with Crippen LogP contribution >= 0.6 is 12.2 Å². The average Bonchev–Trinajstić information content (AvgIpc) is 3.08. The normalized spacial score (nSPS) is 12.2. The zero-order valence-corrected chi connectivity index (χ0v) is 13.8. The highest BCUT2D eigenvalue weighted by Gasteiger charge is 2.13. The van der Waals surface area contributed by atoms with Crippen molar-refractivity contribution in [1.82, 2.24) is 10.7 Å². The average molecular weight is 358 g/mol. The van der Waals surface area contributed by atoms with Crippen molar-refractivity contribution in [3.8, 4) is 11.5 Å². The minimum Gasteiger partial charge on any atom is -0.454 e. The van der Waals surface area contributed by atoms with Crippen LogP contribution in [0.1, 0.15) is 11.1 Å². The molecule has 0 amide bonds. The van der Waals surface area contributed by atoms with Crippen molar-refractivity contribution in [2.75, 3.05) is 6.79 Å². The molecule has 1 aliphatic rings. The van der Waals surface area contributed by atoms with E-state index in [2.05, 4.69) is 15.8 Å². The molecule has 0 aromatic heterocycles. The summed E-state index contributed by atoms with van der Waals surface area (Å²) in [6, 6.07) is 11.8. The number of nitrogens with one attached hydrogen (secondary N) is 2. The molecular weight excluding hydrogens is 344 g/mol. The topological polar surface area (TPSA) is 98.0 Å². The maximum Gasteiger partial charge on any atom is 0.270 e. The number of hydrazone groups is 1. The van der Waals surface area contributed by atoms with Crippen LogP contribution in [0.25, 0.3) is 0 Å². The smallest absolute Gasteiger partial charge is 0.270 e. The number of nitrogens with zero attached hydrogens (tertiary/aromatic N) is 2. The molecule has 0 fully saturated rings. The standard InChI is InChI=1S/C16H14N4O4S/c21-20(22)13-3-1-2-11(6-13)9-18-19-16(25)17-8-12-4-5-14-15(7-12)24-10-23-14/h1-7,9H,8,10H2,(H2,17,19,25)/b18-9-. The van der Waals surface area contributed by atoms with Crippen molar-refractivity contribution in [3.05, 3.63) is 63.7 Å². The number of rotatable bonds is 5. The van der Waals surface area contributed by atoms with E-state index in [0.717, 1.165) is 11.3 Å². The van der Waals surface area contributed by atoms with Crippen molar-refractivity contribution in [3.63, 3.8) is 0 Å². The van der Waals surface area contributed by atoms with Crippen molar-refractivity contribution >= 4 is 29.2 Å². The zero-order valence-electron chi connectivity index (χ0n) is 13.0. The van der Waals surface area contributed by atoms with E-state index in [1.54, 1.807) is 12.1 Å². The predicted octanol–water partition coefficient (Wildman–Crippen LogP) is 2.32. The van der Waals surface area contributed by atoms with Gasteiger partial charge in [-0.05, 0) is 29.9 Å². The quantitative estimate of drug-likeness (QED) is 0.366. The van der Waals surface area contributed by atoms with Crippen LogP contribution < -0.4 is 20.2 Å². The van der Waals surface area contributed by atoms with Crippen molar-refractivity contribution < 1.29 is 14.4 Å². The highest BCUT2D eigenvalue weighted by molar-refractivity contribution is 7.80. The molecule has 0 saturated carbocycles. The highest BCUT2D eigenvalue weighted by atomic mass is 32.1. The van der Waals surface area contributed by atoms with Gasteiger partial charge in [-0.2, -0.15) is 5.10 Å². The molecule has 0 spiro atoms. The Labute approximate surface area is 148 Å². The molecule has 128 valence electrons. The number of thiocarbonyl (C=S) groups is 1. The summed E-state index contributed by atoms with van der Waals surface area (Å²) < 4.78 is 10.6. The molecule has 9 heteroatoms. The van der Waals surface area contributed by atoms with Crippen LogP contribution in [0, 0.1) is 10.1 Å². The van der Waals surface area contributed by atoms with E-state index >= 15 is 0 Å². The first kappa shape index (κ1) is 16.7. The number of hydrogen-bond donors (Lipinski definition) is 2. The summed E-state index contributed by atoms with van der Waals surface area (Å²) in [4.78, 5) is 10.3. The van der Waals surface area contributed by atoms with Gasteiger partial charge in [0, 0.05) is 24.2 Å². The number of nitro groups is 1. The summed E-state index contributed by atoms with van der Waals surface area (Å²) in [6.45, 7) is 0.730. The monoisotopic (exact) mass is 358 g/mol. The number of fused-ring (bicyclic) bond motifs is 1. The number of ether oxygens (including phenoxy) is 2. The van der Waals surface area contributed by atoms with Crippen LogP contribution in [0.15, 0.2) is 47.6 Å². The van der Waals surface area contributed by atoms with Gasteiger partial charge in [-0.25, -0.2) is 0 Å². The molecule has 2 N–H and O–H groups in total. The first-order valence-corrected chi connectivity index (χ1v) is 7.72. The van der Waals surface area contributed by atoms with Crippen molar-refractivity contribution in [2.24, 2.45) is 5.10 Å². The van der Waals surface area contributed by atoms with Gasteiger partial charge in [0.15, 0.2) is 16.6 Å². The van der Waals surface area contributed by atoms with Crippen molar-refractivity contribution in [2.45, 2.75) is 6.54 Å². The Bertz CT molecular complexity index is 841. The van der Waals surface area contributed by atoms with Crippen LogP contribution in [0.4, 0.5) is 5.69 Å². The lowest BCUT2D eigenvalue weighted by atomic mass is 10.2. The fourth-order valence-electron chi connectivity index (χ4n) is 2.16. The third-order valence-corrected chi connectivity index (χ3v) is 3.59. The third kappa shape index (κ3) is 4.42. The van der Waals surface area contributed by atoms with Crippen LogP contribution in [0.3, 0.4) is 0 Å². The fourth-order valence-corrected chi connectivity index (χ4v) is 2.28. The highest BCUT2D eigenvalue weighted by Crippen LogP contribution is 2.32. The lowest BCUT2D eigenvalue weighted by Crippen LogP contribution is -2.31. The molecule has 0 unspecified atom stereocenters. The van der Waals surface area contributed by atoms with E-state index in [4.69, 9.17) is 21.7 Å². The second-order valence-electron chi connectivity index (χ2n) is 5.09. The Kier molecular flexibility index (Phi) is 5.05. The van der Waals surface area contributed by atoms with Gasteiger partial charge in [0.25, 0.3) is 5.69 Å². The summed E-state index contributed by atoms with van der Waals surface area (Å²) in [5.74, 6) is 1.44. The molecule has 2 aromatic carbocycles. The predicted molar refractivity (Wildman–Crippen MR) is 95.8 cm³/mol. The van der Waals surface area contributed by atoms with Crippen LogP contribution in [-0.2, 0) is 6.54 Å². The Hall–Kier alpha value is -3.20. The first-order valence-electron chi connectivity index (χ1n) is 7.32. The van der Waals surface area contributed by atoms with Crippen LogP contribution in [-0.4, -0.2) is 23.0 Å². The zero-order chi connectivity index (χ0) is 17.6. The summed E-state index contributed by atoms with van der Waals surface area (Å²) >= 11 is 5.14. The molecule has 1 aliphatic heterocycles. The molecule has 0 aliphatic carbocycles. The Morgan fingerprint density at radius 2 is 2.12 bits per heavy atom. The van der Waals surface area contributed by atoms with Gasteiger partial charge in [0.05, 0.1) is 11.1 Å². The summed E-state index contributed by atoms with van der Waals surface area (Å²) in [7, 11) is 0. The summed E-state index contributed by atoms with van der Waals surface area (Å²) in [5.41, 5.74) is 4.25. The number of nitro benzene ring substituents is 1. The van der Waals surface area contributed by atoms with E-state index in [9.17, 15) is 10.1 Å². The summed E-state index contributed by atoms with van der Waals surface area (Å²) in [5, 5.41) is 18.0. The van der Waals surface area contributed by atoms with Gasteiger partial charge < -0.3 is 14.8 Å². The molecule has 8 nitrogen and oxygen atoms in total. The van der Waals surface area contributed by atoms with Gasteiger partial charge in [0.2, 0.25) is 6.79 Å². The Morgan fingerprint density at radius 1 is 1.28 bits per heavy atom. The van der Waals surface area contributed by atoms with Gasteiger partial charge in [-0.3, -0.25) is 15.5 Å². The van der Waals surface area contributed by atoms with E-state index in [-0.39, 0.29) is 12.5 Å². The van der Waals surface area contributed by atoms with Crippen LogP contribution in [0.2, 0.25) is 0 Å². The molecule has 2 aromatic rings. The Morgan fingerprint density at radius 3 is 2.96 bits per heavy atom. The molecule has 3 rings (SSSR count). The largest absolute Gasteiger partial charge is 0.454 e. The van der Waals surface area contributed by atoms with E-state index in [1.165, 1.54) is 18.3 Å². The maximum absolute atomic E-state index is 10.7. The van der Waals surface area contributed by atoms with Crippen molar-refractivity contribution in [1.29, 1.82) is 0 Å². The fraction of sp³-hybridized carbons (Fsp3) is 0.125. The molecular formula is C16H14N4O4S. The SMILES string of the molecule is O=[N+]([O-])c1cccc(/C=N\NC(=S)NCc2ccc3c(c2)OCO3)c1. The van der Waals surface area contributed by atoms with Gasteiger partial charge in [0.1, 0.15) is 0 Å². The maximum atomic E-state index is 10.7. The number of benzene rings is 2. The van der Waals surface area contributed by atoms with E-state index in [1.807, 2.05) is 18.2 Å². The van der Waals surface area contributed by atoms with E-state index < -0.39 is 4.92 Å². The first-order chi connectivity index (χ1) is 12.1. The second-order valence-corrected chi connectivity index (χ2v) is 5.50. The lowest BCUT2D eigenvalue weighted by Gasteiger charge is -2.07. The lowest BCUT2D eigenvalue weighted by molar-refractivity contribution is -0.384. The van der Waals surface area contributed by atoms with Crippen LogP contribution in [0.5, 0.6) is 11.5 Å².